The van der Waals surface area contributed by atoms with E-state index >= 15 is 0 Å². The maximum absolute atomic E-state index is 14.1. The third-order valence-electron chi connectivity index (χ3n) is 3.86. The molecule has 0 unspecified atom stereocenters. The molecule has 0 aliphatic rings. The first-order valence-corrected chi connectivity index (χ1v) is 7.17. The summed E-state index contributed by atoms with van der Waals surface area (Å²) in [5.74, 6) is -1.93. The van der Waals surface area contributed by atoms with E-state index in [1.807, 2.05) is 20.0 Å². The van der Waals surface area contributed by atoms with Gasteiger partial charge in [-0.25, -0.2) is 14.2 Å². The van der Waals surface area contributed by atoms with Gasteiger partial charge in [-0.1, -0.05) is 6.07 Å². The van der Waals surface area contributed by atoms with Crippen LogP contribution < -0.4 is 5.73 Å². The van der Waals surface area contributed by atoms with Crippen molar-refractivity contribution < 1.29 is 14.3 Å². The Morgan fingerprint density at radius 2 is 2.04 bits per heavy atom. The molecule has 122 valence electrons. The van der Waals surface area contributed by atoms with Crippen LogP contribution in [0.25, 0.3) is 22.4 Å². The Labute approximate surface area is 137 Å². The molecule has 2 heterocycles. The Hall–Kier alpha value is -3.22. The van der Waals surface area contributed by atoms with Crippen molar-refractivity contribution in [2.45, 2.75) is 6.92 Å². The number of aromatic nitrogens is 3. The van der Waals surface area contributed by atoms with Gasteiger partial charge in [-0.3, -0.25) is 4.68 Å². The van der Waals surface area contributed by atoms with Crippen LogP contribution in [-0.2, 0) is 7.05 Å². The summed E-state index contributed by atoms with van der Waals surface area (Å²) >= 11 is 0. The SMILES string of the molecule is Cc1cc(-c2ccnc(N)c2-c2ccc(C(=O)O)c(F)c2)nn1C. The van der Waals surface area contributed by atoms with Gasteiger partial charge in [0, 0.05) is 30.1 Å². The van der Waals surface area contributed by atoms with E-state index in [0.29, 0.717) is 22.4 Å². The highest BCUT2D eigenvalue weighted by Crippen LogP contribution is 2.35. The van der Waals surface area contributed by atoms with Crippen LogP contribution in [0.3, 0.4) is 0 Å². The summed E-state index contributed by atoms with van der Waals surface area (Å²) < 4.78 is 15.8. The highest BCUT2D eigenvalue weighted by atomic mass is 19.1. The zero-order valence-corrected chi connectivity index (χ0v) is 13.1. The van der Waals surface area contributed by atoms with Crippen molar-refractivity contribution in [2.75, 3.05) is 5.73 Å². The van der Waals surface area contributed by atoms with Crippen LogP contribution in [0.2, 0.25) is 0 Å². The molecule has 24 heavy (non-hydrogen) atoms. The normalized spacial score (nSPS) is 10.8. The molecule has 6 nitrogen and oxygen atoms in total. The Balaban J connectivity index is 2.21. The van der Waals surface area contributed by atoms with Crippen molar-refractivity contribution >= 4 is 11.8 Å². The molecule has 3 aromatic rings. The Kier molecular flexibility index (Phi) is 3.76. The number of benzene rings is 1. The number of nitrogens with two attached hydrogens (primary N) is 1. The molecule has 0 saturated carbocycles. The highest BCUT2D eigenvalue weighted by molar-refractivity contribution is 5.92. The van der Waals surface area contributed by atoms with Crippen molar-refractivity contribution in [1.29, 1.82) is 0 Å². The molecule has 0 aliphatic carbocycles. The van der Waals surface area contributed by atoms with Gasteiger partial charge in [0.15, 0.2) is 0 Å². The number of hydrogen-bond donors (Lipinski definition) is 2. The summed E-state index contributed by atoms with van der Waals surface area (Å²) in [4.78, 5) is 15.0. The molecule has 0 saturated heterocycles. The second kappa shape index (κ2) is 5.77. The van der Waals surface area contributed by atoms with Crippen molar-refractivity contribution in [1.82, 2.24) is 14.8 Å². The third kappa shape index (κ3) is 2.60. The number of carbonyl (C=O) groups is 1. The smallest absolute Gasteiger partial charge is 0.338 e. The van der Waals surface area contributed by atoms with Gasteiger partial charge in [0.1, 0.15) is 11.6 Å². The quantitative estimate of drug-likeness (QED) is 0.772. The van der Waals surface area contributed by atoms with E-state index in [-0.39, 0.29) is 5.82 Å². The van der Waals surface area contributed by atoms with E-state index in [2.05, 4.69) is 10.1 Å². The minimum atomic E-state index is -1.32. The number of carboxylic acids is 1. The molecule has 0 radical (unpaired) electrons. The summed E-state index contributed by atoms with van der Waals surface area (Å²) in [5, 5.41) is 13.4. The maximum atomic E-state index is 14.1. The highest BCUT2D eigenvalue weighted by Gasteiger charge is 2.17. The van der Waals surface area contributed by atoms with E-state index in [4.69, 9.17) is 10.8 Å². The van der Waals surface area contributed by atoms with Crippen molar-refractivity contribution in [3.05, 3.63) is 53.6 Å². The van der Waals surface area contributed by atoms with Crippen molar-refractivity contribution in [3.8, 4) is 22.4 Å². The first-order valence-electron chi connectivity index (χ1n) is 7.17. The van der Waals surface area contributed by atoms with Gasteiger partial charge >= 0.3 is 5.97 Å². The van der Waals surface area contributed by atoms with Gasteiger partial charge in [0.2, 0.25) is 0 Å². The number of aromatic carboxylic acids is 1. The van der Waals surface area contributed by atoms with Gasteiger partial charge in [0.25, 0.3) is 0 Å². The fraction of sp³-hybridized carbons (Fsp3) is 0.118. The number of aryl methyl sites for hydroxylation is 2. The average molecular weight is 326 g/mol. The van der Waals surface area contributed by atoms with Gasteiger partial charge in [0.05, 0.1) is 11.3 Å². The molecule has 0 fully saturated rings. The summed E-state index contributed by atoms with van der Waals surface area (Å²) in [6, 6.07) is 7.51. The van der Waals surface area contributed by atoms with Crippen LogP contribution >= 0.6 is 0 Å². The predicted molar refractivity (Wildman–Crippen MR) is 87.9 cm³/mol. The maximum Gasteiger partial charge on any atom is 0.338 e. The summed E-state index contributed by atoms with van der Waals surface area (Å²) in [5.41, 5.74) is 8.91. The lowest BCUT2D eigenvalue weighted by Gasteiger charge is -2.11. The van der Waals surface area contributed by atoms with Crippen molar-refractivity contribution in [3.63, 3.8) is 0 Å². The molecule has 0 spiro atoms. The molecule has 1 aromatic carbocycles. The number of carboxylic acid groups (broad SMARTS) is 1. The van der Waals surface area contributed by atoms with Crippen LogP contribution in [0.5, 0.6) is 0 Å². The van der Waals surface area contributed by atoms with Gasteiger partial charge in [-0.2, -0.15) is 5.10 Å². The molecule has 0 amide bonds. The number of rotatable bonds is 3. The van der Waals surface area contributed by atoms with Crippen LogP contribution in [-0.4, -0.2) is 25.8 Å². The number of pyridine rings is 1. The fourth-order valence-electron chi connectivity index (χ4n) is 2.53. The van der Waals surface area contributed by atoms with E-state index in [9.17, 15) is 9.18 Å². The molecule has 0 aliphatic heterocycles. The van der Waals surface area contributed by atoms with E-state index < -0.39 is 17.3 Å². The fourth-order valence-corrected chi connectivity index (χ4v) is 2.53. The second-order valence-corrected chi connectivity index (χ2v) is 5.41. The standard InChI is InChI=1S/C17H15FN4O2/c1-9-7-14(21-22(9)2)12-5-6-20-16(19)15(12)10-3-4-11(17(23)24)13(18)8-10/h3-8H,1-2H3,(H2,19,20)(H,23,24). The Morgan fingerprint density at radius 1 is 1.29 bits per heavy atom. The minimum Gasteiger partial charge on any atom is -0.478 e. The zero-order valence-electron chi connectivity index (χ0n) is 13.1. The van der Waals surface area contributed by atoms with Crippen molar-refractivity contribution in [2.24, 2.45) is 7.05 Å². The first-order chi connectivity index (χ1) is 11.4. The van der Waals surface area contributed by atoms with E-state index in [0.717, 1.165) is 11.8 Å². The molecule has 0 atom stereocenters. The molecule has 3 rings (SSSR count). The van der Waals surface area contributed by atoms with E-state index in [1.54, 1.807) is 16.9 Å². The molecule has 7 heteroatoms. The second-order valence-electron chi connectivity index (χ2n) is 5.41. The molecular weight excluding hydrogens is 311 g/mol. The molecule has 0 bridgehead atoms. The summed E-state index contributed by atoms with van der Waals surface area (Å²) in [7, 11) is 1.82. The monoisotopic (exact) mass is 326 g/mol. The molecule has 3 N–H and O–H groups in total. The lowest BCUT2D eigenvalue weighted by Crippen LogP contribution is -2.02. The largest absolute Gasteiger partial charge is 0.478 e. The Bertz CT molecular complexity index is 930. The number of halogens is 1. The lowest BCUT2D eigenvalue weighted by molar-refractivity contribution is 0.0692. The van der Waals surface area contributed by atoms with Gasteiger partial charge in [-0.15, -0.1) is 0 Å². The zero-order chi connectivity index (χ0) is 17.4. The lowest BCUT2D eigenvalue weighted by atomic mass is 9.97. The van der Waals surface area contributed by atoms with Crippen LogP contribution in [0.4, 0.5) is 10.2 Å². The number of nitrogen functional groups attached to an aromatic ring is 1. The van der Waals surface area contributed by atoms with Crippen LogP contribution in [0.15, 0.2) is 36.5 Å². The van der Waals surface area contributed by atoms with Gasteiger partial charge < -0.3 is 10.8 Å². The minimum absolute atomic E-state index is 0.221. The van der Waals surface area contributed by atoms with E-state index in [1.165, 1.54) is 12.1 Å². The van der Waals surface area contributed by atoms with Gasteiger partial charge in [-0.05, 0) is 36.8 Å². The van der Waals surface area contributed by atoms with Crippen LogP contribution in [0, 0.1) is 12.7 Å². The third-order valence-corrected chi connectivity index (χ3v) is 3.86. The number of anilines is 1. The first kappa shape index (κ1) is 15.7. The molecule has 2 aromatic heterocycles. The Morgan fingerprint density at radius 3 is 2.62 bits per heavy atom. The topological polar surface area (TPSA) is 94.0 Å². The number of hydrogen-bond acceptors (Lipinski definition) is 4. The summed E-state index contributed by atoms with van der Waals surface area (Å²) in [6.45, 7) is 1.92. The number of nitrogens with zero attached hydrogens (tertiary/aromatic N) is 3. The summed E-state index contributed by atoms with van der Waals surface area (Å²) in [6.07, 6.45) is 1.56. The van der Waals surface area contributed by atoms with Crippen LogP contribution in [0.1, 0.15) is 16.1 Å². The predicted octanol–water partition coefficient (Wildman–Crippen LogP) is 2.88. The molecular formula is C17H15FN4O2. The average Bonchev–Trinajstić information content (AvgIpc) is 2.86.